The molecule has 0 bridgehead atoms. The second kappa shape index (κ2) is 5.84. The van der Waals surface area contributed by atoms with Gasteiger partial charge in [-0.3, -0.25) is 4.98 Å². The molecule has 0 unspecified atom stereocenters. The van der Waals surface area contributed by atoms with E-state index in [0.29, 0.717) is 6.61 Å². The van der Waals surface area contributed by atoms with Gasteiger partial charge in [0.25, 0.3) is 0 Å². The van der Waals surface area contributed by atoms with E-state index in [-0.39, 0.29) is 0 Å². The fourth-order valence-electron chi connectivity index (χ4n) is 3.15. The van der Waals surface area contributed by atoms with Crippen LogP contribution in [0.5, 0.6) is 5.75 Å². The number of pyridine rings is 1. The van der Waals surface area contributed by atoms with Gasteiger partial charge in [-0.25, -0.2) is 0 Å². The molecule has 1 N–H and O–H groups in total. The van der Waals surface area contributed by atoms with Crippen molar-refractivity contribution in [2.45, 2.75) is 13.8 Å². The zero-order valence-corrected chi connectivity index (χ0v) is 14.3. The average molecular weight is 337 g/mol. The molecule has 4 aromatic rings. The summed E-state index contributed by atoms with van der Waals surface area (Å²) in [5, 5.41) is 2.99. The summed E-state index contributed by atoms with van der Waals surface area (Å²) in [4.78, 5) is 7.91. The first-order chi connectivity index (χ1) is 11.7. The van der Waals surface area contributed by atoms with Crippen molar-refractivity contribution in [1.82, 2.24) is 9.97 Å². The molecule has 4 heteroatoms. The number of aromatic amines is 1. The molecule has 0 saturated carbocycles. The van der Waals surface area contributed by atoms with Crippen molar-refractivity contribution in [3.63, 3.8) is 0 Å². The van der Waals surface area contributed by atoms with Crippen LogP contribution in [0.1, 0.15) is 12.6 Å². The quantitative estimate of drug-likeness (QED) is 0.517. The molecule has 0 aliphatic carbocycles. The highest BCUT2D eigenvalue weighted by molar-refractivity contribution is 6.32. The molecular formula is C20H17ClN2O. The van der Waals surface area contributed by atoms with Crippen LogP contribution in [0.15, 0.2) is 48.7 Å². The third-order valence-electron chi connectivity index (χ3n) is 4.26. The zero-order chi connectivity index (χ0) is 16.7. The van der Waals surface area contributed by atoms with Gasteiger partial charge in [-0.1, -0.05) is 23.7 Å². The van der Waals surface area contributed by atoms with Crippen molar-refractivity contribution in [3.8, 4) is 16.9 Å². The van der Waals surface area contributed by atoms with Gasteiger partial charge in [-0.05, 0) is 49.7 Å². The number of ether oxygens (including phenoxy) is 1. The third kappa shape index (κ3) is 2.42. The van der Waals surface area contributed by atoms with Gasteiger partial charge in [-0.2, -0.15) is 0 Å². The Labute approximate surface area is 145 Å². The standard InChI is InChI=1S/C20H17ClN2O/c1-3-24-15-6-4-13(5-7-15)17-10-14(21)11-18-16-8-9-22-12(2)19(16)23-20(17)18/h4-11,23H,3H2,1-2H3. The summed E-state index contributed by atoms with van der Waals surface area (Å²) in [5.41, 5.74) is 5.30. The minimum atomic E-state index is 0.662. The normalized spacial score (nSPS) is 11.3. The predicted octanol–water partition coefficient (Wildman–Crippen LogP) is 5.74. The van der Waals surface area contributed by atoms with Crippen LogP contribution in [-0.4, -0.2) is 16.6 Å². The van der Waals surface area contributed by atoms with Gasteiger partial charge in [0.05, 0.1) is 23.3 Å². The third-order valence-corrected chi connectivity index (χ3v) is 4.48. The van der Waals surface area contributed by atoms with Crippen molar-refractivity contribution in [1.29, 1.82) is 0 Å². The monoisotopic (exact) mass is 336 g/mol. The van der Waals surface area contributed by atoms with Gasteiger partial charge < -0.3 is 9.72 Å². The molecule has 0 atom stereocenters. The highest BCUT2D eigenvalue weighted by Crippen LogP contribution is 2.36. The Morgan fingerprint density at radius 2 is 1.83 bits per heavy atom. The maximum atomic E-state index is 6.40. The molecule has 2 heterocycles. The van der Waals surface area contributed by atoms with Crippen LogP contribution in [-0.2, 0) is 0 Å². The Kier molecular flexibility index (Phi) is 3.66. The van der Waals surface area contributed by atoms with Crippen LogP contribution in [0, 0.1) is 6.92 Å². The number of nitrogens with one attached hydrogen (secondary N) is 1. The van der Waals surface area contributed by atoms with Crippen LogP contribution >= 0.6 is 11.6 Å². The summed E-state index contributed by atoms with van der Waals surface area (Å²) in [6.45, 7) is 4.65. The average Bonchev–Trinajstić information content (AvgIpc) is 2.95. The van der Waals surface area contributed by atoms with Gasteiger partial charge in [0.15, 0.2) is 0 Å². The lowest BCUT2D eigenvalue weighted by molar-refractivity contribution is 0.340. The van der Waals surface area contributed by atoms with Gasteiger partial charge in [-0.15, -0.1) is 0 Å². The lowest BCUT2D eigenvalue weighted by atomic mass is 10.0. The van der Waals surface area contributed by atoms with E-state index in [1.54, 1.807) is 0 Å². The van der Waals surface area contributed by atoms with E-state index in [0.717, 1.165) is 49.4 Å². The molecule has 120 valence electrons. The van der Waals surface area contributed by atoms with Gasteiger partial charge in [0.1, 0.15) is 5.75 Å². The number of fused-ring (bicyclic) bond motifs is 3. The molecule has 0 aliphatic rings. The number of halogens is 1. The summed E-state index contributed by atoms with van der Waals surface area (Å²) in [6.07, 6.45) is 1.84. The second-order valence-electron chi connectivity index (χ2n) is 5.78. The topological polar surface area (TPSA) is 37.9 Å². The molecule has 0 spiro atoms. The van der Waals surface area contributed by atoms with Crippen LogP contribution < -0.4 is 4.74 Å². The summed E-state index contributed by atoms with van der Waals surface area (Å²) in [5.74, 6) is 0.871. The molecule has 3 nitrogen and oxygen atoms in total. The molecule has 2 aromatic carbocycles. The van der Waals surface area contributed by atoms with E-state index in [9.17, 15) is 0 Å². The molecular weight excluding hydrogens is 320 g/mol. The minimum Gasteiger partial charge on any atom is -0.494 e. The zero-order valence-electron chi connectivity index (χ0n) is 13.6. The van der Waals surface area contributed by atoms with Crippen LogP contribution in [0.25, 0.3) is 32.9 Å². The Morgan fingerprint density at radius 1 is 1.04 bits per heavy atom. The highest BCUT2D eigenvalue weighted by Gasteiger charge is 2.13. The second-order valence-corrected chi connectivity index (χ2v) is 6.21. The lowest BCUT2D eigenvalue weighted by Crippen LogP contribution is -1.90. The van der Waals surface area contributed by atoms with Crippen molar-refractivity contribution >= 4 is 33.4 Å². The summed E-state index contributed by atoms with van der Waals surface area (Å²) >= 11 is 6.40. The number of hydrogen-bond acceptors (Lipinski definition) is 2. The molecule has 24 heavy (non-hydrogen) atoms. The van der Waals surface area contributed by atoms with Crippen molar-refractivity contribution in [2.24, 2.45) is 0 Å². The molecule has 0 aliphatic heterocycles. The lowest BCUT2D eigenvalue weighted by Gasteiger charge is -2.07. The number of aryl methyl sites for hydroxylation is 1. The molecule has 0 radical (unpaired) electrons. The smallest absolute Gasteiger partial charge is 0.119 e. The largest absolute Gasteiger partial charge is 0.494 e. The summed E-state index contributed by atoms with van der Waals surface area (Å²) < 4.78 is 5.53. The fraction of sp³-hybridized carbons (Fsp3) is 0.150. The molecule has 0 fully saturated rings. The number of rotatable bonds is 3. The highest BCUT2D eigenvalue weighted by atomic mass is 35.5. The first kappa shape index (κ1) is 15.0. The Bertz CT molecular complexity index is 1040. The molecule has 2 aromatic heterocycles. The SMILES string of the molecule is CCOc1ccc(-c2cc(Cl)cc3c2[nH]c2c(C)nccc23)cc1. The Hall–Kier alpha value is -2.52. The fourth-order valence-corrected chi connectivity index (χ4v) is 3.37. The van der Waals surface area contributed by atoms with E-state index in [1.807, 2.05) is 50.4 Å². The van der Waals surface area contributed by atoms with Gasteiger partial charge >= 0.3 is 0 Å². The maximum absolute atomic E-state index is 6.40. The maximum Gasteiger partial charge on any atom is 0.119 e. The van der Waals surface area contributed by atoms with E-state index in [2.05, 4.69) is 22.1 Å². The van der Waals surface area contributed by atoms with Gasteiger partial charge in [0.2, 0.25) is 0 Å². The molecule has 0 saturated heterocycles. The minimum absolute atomic E-state index is 0.662. The number of H-pyrrole nitrogens is 1. The van der Waals surface area contributed by atoms with Crippen LogP contribution in [0.2, 0.25) is 5.02 Å². The Balaban J connectivity index is 1.97. The predicted molar refractivity (Wildman–Crippen MR) is 100.0 cm³/mol. The van der Waals surface area contributed by atoms with Gasteiger partial charge in [0, 0.05) is 27.6 Å². The first-order valence-electron chi connectivity index (χ1n) is 7.97. The van der Waals surface area contributed by atoms with Crippen LogP contribution in [0.3, 0.4) is 0 Å². The number of hydrogen-bond donors (Lipinski definition) is 1. The summed E-state index contributed by atoms with van der Waals surface area (Å²) in [7, 11) is 0. The number of aromatic nitrogens is 2. The van der Waals surface area contributed by atoms with Crippen molar-refractivity contribution < 1.29 is 4.74 Å². The number of nitrogens with zero attached hydrogens (tertiary/aromatic N) is 1. The molecule has 4 rings (SSSR count). The van der Waals surface area contributed by atoms with E-state index < -0.39 is 0 Å². The number of benzene rings is 2. The van der Waals surface area contributed by atoms with E-state index in [4.69, 9.17) is 16.3 Å². The first-order valence-corrected chi connectivity index (χ1v) is 8.35. The van der Waals surface area contributed by atoms with Crippen molar-refractivity contribution in [3.05, 3.63) is 59.4 Å². The van der Waals surface area contributed by atoms with E-state index >= 15 is 0 Å². The van der Waals surface area contributed by atoms with Crippen molar-refractivity contribution in [2.75, 3.05) is 6.61 Å². The Morgan fingerprint density at radius 3 is 2.58 bits per heavy atom. The van der Waals surface area contributed by atoms with Crippen LogP contribution in [0.4, 0.5) is 0 Å². The van der Waals surface area contributed by atoms with E-state index in [1.165, 1.54) is 0 Å². The summed E-state index contributed by atoms with van der Waals surface area (Å²) in [6, 6.07) is 14.1. The molecule has 0 amide bonds.